The van der Waals surface area contributed by atoms with Crippen molar-refractivity contribution < 1.29 is 5.11 Å². The monoisotopic (exact) mass is 269 g/mol. The Bertz CT molecular complexity index is 529. The van der Waals surface area contributed by atoms with E-state index < -0.39 is 5.60 Å². The number of hydrogen-bond acceptors (Lipinski definition) is 2. The molecule has 106 valence electrons. The van der Waals surface area contributed by atoms with Crippen LogP contribution in [0.5, 0.6) is 0 Å². The van der Waals surface area contributed by atoms with Gasteiger partial charge in [0.15, 0.2) is 0 Å². The minimum atomic E-state index is -0.848. The highest BCUT2D eigenvalue weighted by molar-refractivity contribution is 5.63. The van der Waals surface area contributed by atoms with Gasteiger partial charge in [-0.15, -0.1) is 0 Å². The molecule has 2 aromatic carbocycles. The van der Waals surface area contributed by atoms with Gasteiger partial charge in [-0.1, -0.05) is 68.4 Å². The second-order valence-electron chi connectivity index (χ2n) is 5.75. The Morgan fingerprint density at radius 2 is 1.50 bits per heavy atom. The van der Waals surface area contributed by atoms with E-state index in [1.807, 2.05) is 37.3 Å². The molecule has 0 aliphatic heterocycles. The lowest BCUT2D eigenvalue weighted by Crippen LogP contribution is -2.38. The van der Waals surface area contributed by atoms with Gasteiger partial charge in [0.25, 0.3) is 0 Å². The zero-order chi connectivity index (χ0) is 14.6. The van der Waals surface area contributed by atoms with Crippen molar-refractivity contribution in [2.75, 3.05) is 6.54 Å². The lowest BCUT2D eigenvalue weighted by Gasteiger charge is -2.26. The highest BCUT2D eigenvalue weighted by atomic mass is 16.3. The highest BCUT2D eigenvalue weighted by Crippen LogP contribution is 2.24. The van der Waals surface area contributed by atoms with E-state index in [2.05, 4.69) is 43.4 Å². The van der Waals surface area contributed by atoms with E-state index in [0.29, 0.717) is 12.6 Å². The van der Waals surface area contributed by atoms with Crippen LogP contribution in [-0.2, 0) is 5.60 Å². The van der Waals surface area contributed by atoms with E-state index >= 15 is 0 Å². The Hall–Kier alpha value is -1.64. The van der Waals surface area contributed by atoms with Crippen molar-refractivity contribution >= 4 is 0 Å². The zero-order valence-corrected chi connectivity index (χ0v) is 12.4. The molecule has 0 amide bonds. The van der Waals surface area contributed by atoms with Crippen LogP contribution in [-0.4, -0.2) is 17.7 Å². The number of benzene rings is 2. The molecule has 0 bridgehead atoms. The average molecular weight is 269 g/mol. The predicted octanol–water partition coefficient (Wildman–Crippen LogP) is 3.56. The van der Waals surface area contributed by atoms with E-state index in [0.717, 1.165) is 5.56 Å². The van der Waals surface area contributed by atoms with Crippen molar-refractivity contribution in [3.8, 4) is 11.1 Å². The molecule has 0 radical (unpaired) electrons. The molecule has 0 saturated heterocycles. The van der Waals surface area contributed by atoms with Crippen LogP contribution in [0.25, 0.3) is 11.1 Å². The van der Waals surface area contributed by atoms with E-state index in [4.69, 9.17) is 0 Å². The molecule has 1 atom stereocenters. The van der Waals surface area contributed by atoms with Gasteiger partial charge in [0.1, 0.15) is 0 Å². The van der Waals surface area contributed by atoms with Crippen molar-refractivity contribution in [1.29, 1.82) is 0 Å². The molecule has 0 aromatic heterocycles. The summed E-state index contributed by atoms with van der Waals surface area (Å²) in [5.74, 6) is 0. The number of aliphatic hydroxyl groups is 1. The fourth-order valence-corrected chi connectivity index (χ4v) is 2.16. The van der Waals surface area contributed by atoms with Gasteiger partial charge in [-0.3, -0.25) is 0 Å². The fraction of sp³-hybridized carbons (Fsp3) is 0.333. The molecule has 0 fully saturated rings. The fourth-order valence-electron chi connectivity index (χ4n) is 2.16. The summed E-state index contributed by atoms with van der Waals surface area (Å²) >= 11 is 0. The van der Waals surface area contributed by atoms with Gasteiger partial charge < -0.3 is 10.4 Å². The topological polar surface area (TPSA) is 32.3 Å². The molecule has 0 aliphatic carbocycles. The van der Waals surface area contributed by atoms with Crippen LogP contribution in [0.4, 0.5) is 0 Å². The van der Waals surface area contributed by atoms with E-state index in [9.17, 15) is 5.11 Å². The van der Waals surface area contributed by atoms with Gasteiger partial charge in [0.05, 0.1) is 5.60 Å². The molecule has 2 N–H and O–H groups in total. The summed E-state index contributed by atoms with van der Waals surface area (Å²) in [6.45, 7) is 6.55. The molecule has 1 unspecified atom stereocenters. The second kappa shape index (κ2) is 6.21. The maximum Gasteiger partial charge on any atom is 0.0992 e. The van der Waals surface area contributed by atoms with Crippen molar-refractivity contribution in [3.05, 3.63) is 60.2 Å². The Balaban J connectivity index is 2.15. The first-order valence-corrected chi connectivity index (χ1v) is 7.11. The maximum absolute atomic E-state index is 10.5. The molecule has 20 heavy (non-hydrogen) atoms. The summed E-state index contributed by atoms with van der Waals surface area (Å²) in [6.07, 6.45) is 0. The third kappa shape index (κ3) is 3.69. The quantitative estimate of drug-likeness (QED) is 0.870. The lowest BCUT2D eigenvalue weighted by molar-refractivity contribution is 0.0549. The minimum absolute atomic E-state index is 0.366. The van der Waals surface area contributed by atoms with Crippen molar-refractivity contribution in [2.24, 2.45) is 0 Å². The molecule has 2 rings (SSSR count). The lowest BCUT2D eigenvalue weighted by atomic mass is 9.93. The molecular weight excluding hydrogens is 246 g/mol. The van der Waals surface area contributed by atoms with Crippen molar-refractivity contribution in [1.82, 2.24) is 5.32 Å². The standard InChI is InChI=1S/C18H23NO/c1-14(2)19-13-18(3,20)17-11-9-16(10-12-17)15-7-5-4-6-8-15/h4-12,14,19-20H,13H2,1-3H3. The van der Waals surface area contributed by atoms with E-state index in [1.54, 1.807) is 0 Å². The van der Waals surface area contributed by atoms with Crippen molar-refractivity contribution in [3.63, 3.8) is 0 Å². The Morgan fingerprint density at radius 1 is 0.950 bits per heavy atom. The summed E-state index contributed by atoms with van der Waals surface area (Å²) < 4.78 is 0. The third-order valence-electron chi connectivity index (χ3n) is 3.47. The third-order valence-corrected chi connectivity index (χ3v) is 3.47. The van der Waals surface area contributed by atoms with Gasteiger partial charge in [0.2, 0.25) is 0 Å². The molecule has 2 nitrogen and oxygen atoms in total. The van der Waals surface area contributed by atoms with Crippen LogP contribution >= 0.6 is 0 Å². The van der Waals surface area contributed by atoms with E-state index in [1.165, 1.54) is 11.1 Å². The smallest absolute Gasteiger partial charge is 0.0992 e. The summed E-state index contributed by atoms with van der Waals surface area (Å²) in [4.78, 5) is 0. The summed E-state index contributed by atoms with van der Waals surface area (Å²) in [7, 11) is 0. The predicted molar refractivity (Wildman–Crippen MR) is 84.6 cm³/mol. The van der Waals surface area contributed by atoms with Crippen LogP contribution in [0, 0.1) is 0 Å². The molecule has 0 spiro atoms. The first-order chi connectivity index (χ1) is 9.49. The molecule has 2 heteroatoms. The Morgan fingerprint density at radius 3 is 2.05 bits per heavy atom. The van der Waals surface area contributed by atoms with Gasteiger partial charge in [0, 0.05) is 12.6 Å². The van der Waals surface area contributed by atoms with Crippen LogP contribution < -0.4 is 5.32 Å². The summed E-state index contributed by atoms with van der Waals surface area (Å²) in [5.41, 5.74) is 2.45. The Labute approximate surface area is 121 Å². The molecule has 2 aromatic rings. The Kier molecular flexibility index (Phi) is 4.58. The number of rotatable bonds is 5. The van der Waals surface area contributed by atoms with Crippen LogP contribution in [0.2, 0.25) is 0 Å². The molecular formula is C18H23NO. The van der Waals surface area contributed by atoms with Crippen LogP contribution in [0.3, 0.4) is 0 Å². The van der Waals surface area contributed by atoms with Gasteiger partial charge in [-0.05, 0) is 23.6 Å². The van der Waals surface area contributed by atoms with Gasteiger partial charge in [-0.25, -0.2) is 0 Å². The maximum atomic E-state index is 10.5. The SMILES string of the molecule is CC(C)NCC(C)(O)c1ccc(-c2ccccc2)cc1. The number of hydrogen-bond donors (Lipinski definition) is 2. The molecule has 0 saturated carbocycles. The second-order valence-corrected chi connectivity index (χ2v) is 5.75. The first kappa shape index (κ1) is 14.8. The summed E-state index contributed by atoms with van der Waals surface area (Å²) in [5, 5.41) is 13.8. The average Bonchev–Trinajstić information content (AvgIpc) is 2.46. The minimum Gasteiger partial charge on any atom is -0.384 e. The van der Waals surface area contributed by atoms with Crippen molar-refractivity contribution in [2.45, 2.75) is 32.4 Å². The van der Waals surface area contributed by atoms with E-state index in [-0.39, 0.29) is 0 Å². The van der Waals surface area contributed by atoms with Crippen LogP contribution in [0.15, 0.2) is 54.6 Å². The molecule has 0 heterocycles. The van der Waals surface area contributed by atoms with Gasteiger partial charge >= 0.3 is 0 Å². The molecule has 0 aliphatic rings. The van der Waals surface area contributed by atoms with Crippen LogP contribution in [0.1, 0.15) is 26.3 Å². The normalized spacial score (nSPS) is 14.2. The first-order valence-electron chi connectivity index (χ1n) is 7.11. The van der Waals surface area contributed by atoms with Gasteiger partial charge in [-0.2, -0.15) is 0 Å². The largest absolute Gasteiger partial charge is 0.384 e. The zero-order valence-electron chi connectivity index (χ0n) is 12.4. The highest BCUT2D eigenvalue weighted by Gasteiger charge is 2.22. The number of nitrogens with one attached hydrogen (secondary N) is 1. The summed E-state index contributed by atoms with van der Waals surface area (Å²) in [6, 6.07) is 18.8.